The molecule has 1 aliphatic heterocycles. The van der Waals surface area contributed by atoms with Crippen LogP contribution in [0.4, 0.5) is 0 Å². The van der Waals surface area contributed by atoms with Gasteiger partial charge in [-0.25, -0.2) is 0 Å². The molecule has 3 N–H and O–H groups in total. The minimum Gasteiger partial charge on any atom is -0.394 e. The number of hydrogen-bond donors (Lipinski definition) is 3. The van der Waals surface area contributed by atoms with Crippen molar-refractivity contribution in [1.29, 1.82) is 0 Å². The summed E-state index contributed by atoms with van der Waals surface area (Å²) >= 11 is 0. The molecule has 1 heterocycles. The number of aliphatic hydroxyl groups is 3. The lowest BCUT2D eigenvalue weighted by Gasteiger charge is -2.30. The highest BCUT2D eigenvalue weighted by Gasteiger charge is 2.67. The molecule has 17 heavy (non-hydrogen) atoms. The second-order valence-corrected chi connectivity index (χ2v) is 11.8. The number of ether oxygens (including phenoxy) is 1. The lowest BCUT2D eigenvalue weighted by Crippen LogP contribution is -2.47. The first-order valence-electron chi connectivity index (χ1n) is 6.44. The van der Waals surface area contributed by atoms with Gasteiger partial charge >= 0.3 is 0 Å². The van der Waals surface area contributed by atoms with Gasteiger partial charge in [0.1, 0.15) is 12.2 Å². The molecule has 1 saturated carbocycles. The Kier molecular flexibility index (Phi) is 3.42. The molecule has 1 aliphatic carbocycles. The van der Waals surface area contributed by atoms with Crippen molar-refractivity contribution in [1.82, 2.24) is 0 Å². The minimum atomic E-state index is -1.47. The van der Waals surface area contributed by atoms with E-state index in [2.05, 4.69) is 26.9 Å². The van der Waals surface area contributed by atoms with Gasteiger partial charge in [0.05, 0.1) is 26.9 Å². The van der Waals surface area contributed by atoms with E-state index in [0.717, 1.165) is 0 Å². The van der Waals surface area contributed by atoms with Crippen molar-refractivity contribution in [3.63, 3.8) is 0 Å². The monoisotopic (exact) mass is 260 g/mol. The molecule has 2 rings (SSSR count). The summed E-state index contributed by atoms with van der Waals surface area (Å²) in [5.41, 5.74) is 1.03. The highest BCUT2D eigenvalue weighted by Crippen LogP contribution is 2.61. The van der Waals surface area contributed by atoms with Crippen molar-refractivity contribution in [3.05, 3.63) is 0 Å². The molecular weight excluding hydrogens is 236 g/mol. The SMILES string of the molecule is CC(C)[Si](C)(C)C1C2OC(CO)C(O)C(O)C21. The van der Waals surface area contributed by atoms with Crippen LogP contribution in [-0.4, -0.2) is 54.4 Å². The second kappa shape index (κ2) is 4.31. The van der Waals surface area contributed by atoms with Gasteiger partial charge < -0.3 is 20.1 Å². The van der Waals surface area contributed by atoms with Crippen LogP contribution >= 0.6 is 0 Å². The van der Waals surface area contributed by atoms with Crippen LogP contribution < -0.4 is 0 Å². The van der Waals surface area contributed by atoms with E-state index in [1.54, 1.807) is 0 Å². The van der Waals surface area contributed by atoms with Crippen molar-refractivity contribution in [2.45, 2.75) is 62.4 Å². The fourth-order valence-corrected chi connectivity index (χ4v) is 6.26. The molecule has 0 amide bonds. The van der Waals surface area contributed by atoms with Crippen LogP contribution in [0.2, 0.25) is 24.2 Å². The van der Waals surface area contributed by atoms with Crippen molar-refractivity contribution >= 4 is 8.07 Å². The first-order valence-corrected chi connectivity index (χ1v) is 9.60. The maximum atomic E-state index is 10.1. The molecule has 0 aromatic carbocycles. The van der Waals surface area contributed by atoms with E-state index in [-0.39, 0.29) is 18.6 Å². The largest absolute Gasteiger partial charge is 0.394 e. The molecule has 2 aliphatic rings. The van der Waals surface area contributed by atoms with Crippen LogP contribution in [0, 0.1) is 5.92 Å². The maximum absolute atomic E-state index is 10.1. The van der Waals surface area contributed by atoms with Crippen LogP contribution in [0.15, 0.2) is 0 Å². The van der Waals surface area contributed by atoms with E-state index in [9.17, 15) is 10.2 Å². The number of aliphatic hydroxyl groups excluding tert-OH is 3. The van der Waals surface area contributed by atoms with Gasteiger partial charge in [-0.1, -0.05) is 32.5 Å². The van der Waals surface area contributed by atoms with Crippen molar-refractivity contribution < 1.29 is 20.1 Å². The van der Waals surface area contributed by atoms with Crippen molar-refractivity contribution in [3.8, 4) is 0 Å². The molecule has 1 saturated heterocycles. The Hall–Kier alpha value is 0.0569. The summed E-state index contributed by atoms with van der Waals surface area (Å²) in [7, 11) is -1.47. The maximum Gasteiger partial charge on any atom is 0.109 e. The lowest BCUT2D eigenvalue weighted by molar-refractivity contribution is -0.152. The first kappa shape index (κ1) is 13.5. The van der Waals surface area contributed by atoms with Crippen LogP contribution in [0.5, 0.6) is 0 Å². The molecule has 100 valence electrons. The highest BCUT2D eigenvalue weighted by atomic mass is 28.3. The zero-order valence-electron chi connectivity index (χ0n) is 11.0. The zero-order chi connectivity index (χ0) is 13.0. The predicted molar refractivity (Wildman–Crippen MR) is 67.6 cm³/mol. The van der Waals surface area contributed by atoms with Gasteiger partial charge in [-0.15, -0.1) is 0 Å². The van der Waals surface area contributed by atoms with E-state index in [4.69, 9.17) is 9.84 Å². The summed E-state index contributed by atoms with van der Waals surface area (Å²) in [6.07, 6.45) is -2.24. The predicted octanol–water partition coefficient (Wildman–Crippen LogP) is 0.586. The average Bonchev–Trinajstić information content (AvgIpc) is 2.98. The molecule has 0 bridgehead atoms. The smallest absolute Gasteiger partial charge is 0.109 e. The Balaban J connectivity index is 2.13. The second-order valence-electron chi connectivity index (χ2n) is 6.38. The van der Waals surface area contributed by atoms with E-state index < -0.39 is 26.4 Å². The third kappa shape index (κ3) is 1.98. The third-order valence-electron chi connectivity index (χ3n) is 4.99. The Labute approximate surface area is 104 Å². The summed E-state index contributed by atoms with van der Waals surface area (Å²) in [4.78, 5) is 0. The standard InChI is InChI=1S/C12H24O4Si/c1-6(2)17(3,4)12-8-10(15)9(14)7(5-13)16-11(8)12/h6-15H,5H2,1-4H3. The normalized spacial score (nSPS) is 45.9. The third-order valence-corrected chi connectivity index (χ3v) is 10.4. The minimum absolute atomic E-state index is 0.0506. The molecule has 5 heteroatoms. The Bertz CT molecular complexity index is 294. The number of rotatable bonds is 3. The highest BCUT2D eigenvalue weighted by molar-refractivity contribution is 6.81. The van der Waals surface area contributed by atoms with Crippen LogP contribution in [0.1, 0.15) is 13.8 Å². The average molecular weight is 260 g/mol. The molecule has 0 aromatic rings. The van der Waals surface area contributed by atoms with Crippen LogP contribution in [0.3, 0.4) is 0 Å². The molecule has 0 aromatic heterocycles. The Morgan fingerprint density at radius 3 is 2.24 bits per heavy atom. The fourth-order valence-electron chi connectivity index (χ4n) is 3.07. The van der Waals surface area contributed by atoms with Crippen LogP contribution in [0.25, 0.3) is 0 Å². The number of fused-ring (bicyclic) bond motifs is 1. The van der Waals surface area contributed by atoms with Crippen molar-refractivity contribution in [2.24, 2.45) is 5.92 Å². The summed E-state index contributed by atoms with van der Waals surface area (Å²) in [6.45, 7) is 8.86. The number of hydrogen-bond acceptors (Lipinski definition) is 4. The molecule has 0 spiro atoms. The topological polar surface area (TPSA) is 69.9 Å². The van der Waals surface area contributed by atoms with Gasteiger partial charge in [-0.3, -0.25) is 0 Å². The van der Waals surface area contributed by atoms with Gasteiger partial charge in [0.25, 0.3) is 0 Å². The summed E-state index contributed by atoms with van der Waals surface area (Å²) in [5.74, 6) is 0.0804. The molecule has 6 atom stereocenters. The molecule has 0 radical (unpaired) electrons. The summed E-state index contributed by atoms with van der Waals surface area (Å²) in [5, 5.41) is 29.1. The van der Waals surface area contributed by atoms with Gasteiger partial charge in [-0.2, -0.15) is 0 Å². The quantitative estimate of drug-likeness (QED) is 0.650. The Morgan fingerprint density at radius 1 is 1.18 bits per heavy atom. The van der Waals surface area contributed by atoms with E-state index in [1.165, 1.54) is 0 Å². The van der Waals surface area contributed by atoms with Crippen molar-refractivity contribution in [2.75, 3.05) is 6.61 Å². The zero-order valence-corrected chi connectivity index (χ0v) is 12.0. The lowest BCUT2D eigenvalue weighted by atomic mass is 10.0. The molecule has 2 fully saturated rings. The molecule has 4 nitrogen and oxygen atoms in total. The molecule has 6 unspecified atom stereocenters. The van der Waals surface area contributed by atoms with Gasteiger partial charge in [0.2, 0.25) is 0 Å². The fraction of sp³-hybridized carbons (Fsp3) is 1.00. The Morgan fingerprint density at radius 2 is 1.76 bits per heavy atom. The first-order chi connectivity index (χ1) is 7.82. The van der Waals surface area contributed by atoms with E-state index in [0.29, 0.717) is 11.1 Å². The summed E-state index contributed by atoms with van der Waals surface area (Å²) < 4.78 is 5.72. The van der Waals surface area contributed by atoms with Gasteiger partial charge in [-0.05, 0) is 5.54 Å². The van der Waals surface area contributed by atoms with Crippen LogP contribution in [-0.2, 0) is 4.74 Å². The summed E-state index contributed by atoms with van der Waals surface area (Å²) in [6, 6.07) is 0. The molecular formula is C12H24O4Si. The van der Waals surface area contributed by atoms with E-state index in [1.807, 2.05) is 0 Å². The van der Waals surface area contributed by atoms with Gasteiger partial charge in [0, 0.05) is 5.92 Å². The van der Waals surface area contributed by atoms with E-state index >= 15 is 0 Å². The van der Waals surface area contributed by atoms with Gasteiger partial charge in [0.15, 0.2) is 0 Å².